The second-order valence-electron chi connectivity index (χ2n) is 11.7. The summed E-state index contributed by atoms with van der Waals surface area (Å²) < 4.78 is 0. The van der Waals surface area contributed by atoms with E-state index in [0.717, 1.165) is 27.7 Å². The minimum Gasteiger partial charge on any atom is -0.872 e. The summed E-state index contributed by atoms with van der Waals surface area (Å²) in [4.78, 5) is 8.33. The maximum absolute atomic E-state index is 11.9. The number of pyridine rings is 2. The van der Waals surface area contributed by atoms with Crippen LogP contribution in [0, 0.1) is 13.8 Å². The molecule has 0 bridgehead atoms. The minimum atomic E-state index is -0.0824. The van der Waals surface area contributed by atoms with Crippen molar-refractivity contribution in [3.63, 3.8) is 0 Å². The molecule has 6 heteroatoms. The number of benzene rings is 3. The molecule has 0 aliphatic rings. The third kappa shape index (κ3) is 8.21. The average molecular weight is 549 g/mol. The van der Waals surface area contributed by atoms with Crippen molar-refractivity contribution < 1.29 is 15.3 Å². The predicted molar refractivity (Wildman–Crippen MR) is 161 cm³/mol. The van der Waals surface area contributed by atoms with Crippen LogP contribution in [0.15, 0.2) is 78.9 Å². The SMILES string of the molecule is CC(C)(C)c1cccc([O-])c1C(C)(C)C.Cc1ccc2cccc([O-])c2n1.Cc1ccc2cccc([O-])c2n1.[Al+3]. The normalized spacial score (nSPS) is 11.1. The number of rotatable bonds is 0. The Morgan fingerprint density at radius 3 is 1.27 bits per heavy atom. The number of fused-ring (bicyclic) bond motifs is 2. The fourth-order valence-corrected chi connectivity index (χ4v) is 4.36. The van der Waals surface area contributed by atoms with E-state index in [1.807, 2.05) is 56.3 Å². The molecule has 0 atom stereocenters. The second kappa shape index (κ2) is 13.2. The van der Waals surface area contributed by atoms with Gasteiger partial charge in [0.05, 0.1) is 11.0 Å². The van der Waals surface area contributed by atoms with Crippen molar-refractivity contribution in [3.8, 4) is 17.2 Å². The molecule has 0 saturated carbocycles. The molecule has 0 radical (unpaired) electrons. The van der Waals surface area contributed by atoms with Gasteiger partial charge < -0.3 is 15.3 Å². The summed E-state index contributed by atoms with van der Waals surface area (Å²) in [5, 5.41) is 36.3. The quantitative estimate of drug-likeness (QED) is 0.215. The molecule has 5 aromatic rings. The molecular formula is C34H37AlN2O3. The third-order valence-electron chi connectivity index (χ3n) is 6.23. The molecule has 2 aromatic heterocycles. The Bertz CT molecular complexity index is 1500. The van der Waals surface area contributed by atoms with Crippen molar-refractivity contribution in [1.82, 2.24) is 9.97 Å². The summed E-state index contributed by atoms with van der Waals surface area (Å²) in [5.74, 6) is 0.155. The number of hydrogen-bond donors (Lipinski definition) is 0. The maximum atomic E-state index is 11.9. The molecule has 2 heterocycles. The summed E-state index contributed by atoms with van der Waals surface area (Å²) in [6.45, 7) is 16.5. The first-order valence-corrected chi connectivity index (χ1v) is 13.1. The molecule has 204 valence electrons. The van der Waals surface area contributed by atoms with Crippen LogP contribution in [-0.4, -0.2) is 27.3 Å². The molecule has 0 saturated heterocycles. The molecular weight excluding hydrogens is 511 g/mol. The molecule has 0 amide bonds. The Hall–Kier alpha value is -3.59. The number of aromatic nitrogens is 2. The van der Waals surface area contributed by atoms with E-state index in [-0.39, 0.29) is 45.4 Å². The summed E-state index contributed by atoms with van der Waals surface area (Å²) >= 11 is 0. The van der Waals surface area contributed by atoms with Crippen LogP contribution in [0.4, 0.5) is 0 Å². The zero-order valence-corrected chi connectivity index (χ0v) is 25.9. The van der Waals surface area contributed by atoms with Crippen LogP contribution >= 0.6 is 0 Å². The van der Waals surface area contributed by atoms with Crippen molar-refractivity contribution in [2.75, 3.05) is 0 Å². The summed E-state index contributed by atoms with van der Waals surface area (Å²) in [7, 11) is 0. The van der Waals surface area contributed by atoms with Crippen LogP contribution in [0.5, 0.6) is 17.2 Å². The molecule has 0 N–H and O–H groups in total. The predicted octanol–water partition coefficient (Wildman–Crippen LogP) is 6.21. The largest absolute Gasteiger partial charge is 3.00 e. The number of para-hydroxylation sites is 2. The van der Waals surface area contributed by atoms with Crippen molar-refractivity contribution >= 4 is 39.2 Å². The van der Waals surface area contributed by atoms with Gasteiger partial charge in [0.2, 0.25) is 0 Å². The van der Waals surface area contributed by atoms with E-state index < -0.39 is 0 Å². The monoisotopic (exact) mass is 548 g/mol. The van der Waals surface area contributed by atoms with Gasteiger partial charge in [-0.3, -0.25) is 9.97 Å². The van der Waals surface area contributed by atoms with Crippen molar-refractivity contribution in [2.24, 2.45) is 0 Å². The van der Waals surface area contributed by atoms with Gasteiger partial charge in [-0.25, -0.2) is 0 Å². The van der Waals surface area contributed by atoms with Crippen molar-refractivity contribution in [3.05, 3.63) is 101 Å². The molecule has 0 unspecified atom stereocenters. The number of hydrogen-bond acceptors (Lipinski definition) is 5. The van der Waals surface area contributed by atoms with E-state index in [1.54, 1.807) is 18.2 Å². The van der Waals surface area contributed by atoms with Crippen LogP contribution < -0.4 is 15.3 Å². The van der Waals surface area contributed by atoms with Gasteiger partial charge in [-0.1, -0.05) is 120 Å². The van der Waals surface area contributed by atoms with Gasteiger partial charge in [-0.15, -0.1) is 5.75 Å². The molecule has 5 nitrogen and oxygen atoms in total. The number of aryl methyl sites for hydroxylation is 2. The minimum absolute atomic E-state index is 0. The molecule has 0 spiro atoms. The molecule has 5 rings (SSSR count). The van der Waals surface area contributed by atoms with Gasteiger partial charge in [0.15, 0.2) is 0 Å². The van der Waals surface area contributed by atoms with Crippen LogP contribution in [0.3, 0.4) is 0 Å². The van der Waals surface area contributed by atoms with Gasteiger partial charge in [-0.05, 0) is 58.7 Å². The van der Waals surface area contributed by atoms with Gasteiger partial charge in [0.25, 0.3) is 0 Å². The number of nitrogens with zero attached hydrogens (tertiary/aromatic N) is 2. The molecule has 0 aliphatic heterocycles. The van der Waals surface area contributed by atoms with Crippen LogP contribution in [-0.2, 0) is 10.8 Å². The van der Waals surface area contributed by atoms with E-state index in [0.29, 0.717) is 11.0 Å². The Morgan fingerprint density at radius 2 is 0.900 bits per heavy atom. The zero-order chi connectivity index (χ0) is 29.0. The van der Waals surface area contributed by atoms with Crippen LogP contribution in [0.2, 0.25) is 0 Å². The van der Waals surface area contributed by atoms with Crippen LogP contribution in [0.1, 0.15) is 64.1 Å². The Kier molecular flexibility index (Phi) is 10.7. The summed E-state index contributed by atoms with van der Waals surface area (Å²) in [6, 6.07) is 23.6. The first kappa shape index (κ1) is 32.6. The van der Waals surface area contributed by atoms with Gasteiger partial charge in [0.1, 0.15) is 0 Å². The van der Waals surface area contributed by atoms with E-state index in [2.05, 4.69) is 57.6 Å². The van der Waals surface area contributed by atoms with Gasteiger partial charge in [0, 0.05) is 11.4 Å². The van der Waals surface area contributed by atoms with Crippen molar-refractivity contribution in [2.45, 2.75) is 66.2 Å². The average Bonchev–Trinajstić information content (AvgIpc) is 2.85. The van der Waals surface area contributed by atoms with E-state index in [9.17, 15) is 15.3 Å². The third-order valence-corrected chi connectivity index (χ3v) is 6.23. The Balaban J connectivity index is 0.000000209. The molecule has 3 aromatic carbocycles. The maximum Gasteiger partial charge on any atom is 3.00 e. The van der Waals surface area contributed by atoms with Crippen LogP contribution in [0.25, 0.3) is 21.8 Å². The van der Waals surface area contributed by atoms with Crippen molar-refractivity contribution in [1.29, 1.82) is 0 Å². The molecule has 0 fully saturated rings. The van der Waals surface area contributed by atoms with Gasteiger partial charge >= 0.3 is 17.4 Å². The molecule has 0 aliphatic carbocycles. The second-order valence-corrected chi connectivity index (χ2v) is 11.7. The standard InChI is InChI=1S/C14H22O.2C10H9NO.Al/c1-13(2,3)10-8-7-9-11(15)12(10)14(4,5)6;2*1-7-5-6-8-3-2-4-9(12)10(8)11-7;/h7-9,15H,1-6H3;2*2-6,12H,1H3;/q;;;+3/p-3. The van der Waals surface area contributed by atoms with E-state index in [4.69, 9.17) is 0 Å². The fraction of sp³-hybridized carbons (Fsp3) is 0.294. The van der Waals surface area contributed by atoms with E-state index in [1.165, 1.54) is 17.7 Å². The molecule has 40 heavy (non-hydrogen) atoms. The Labute approximate surface area is 248 Å². The first-order valence-electron chi connectivity index (χ1n) is 13.1. The smallest absolute Gasteiger partial charge is 0.872 e. The fourth-order valence-electron chi connectivity index (χ4n) is 4.36. The zero-order valence-electron chi connectivity index (χ0n) is 24.7. The topological polar surface area (TPSA) is 95.0 Å². The van der Waals surface area contributed by atoms with Gasteiger partial charge in [-0.2, -0.15) is 0 Å². The first-order chi connectivity index (χ1) is 18.2. The summed E-state index contributed by atoms with van der Waals surface area (Å²) in [6.07, 6.45) is 0. The van der Waals surface area contributed by atoms with E-state index >= 15 is 0 Å². The Morgan fingerprint density at radius 1 is 0.500 bits per heavy atom. The summed E-state index contributed by atoms with van der Waals surface area (Å²) in [5.41, 5.74) is 4.97.